The highest BCUT2D eigenvalue weighted by atomic mass is 19.1. The molecule has 1 atom stereocenters. The Balaban J connectivity index is 1.89. The summed E-state index contributed by atoms with van der Waals surface area (Å²) in [5.41, 5.74) is 1.65. The van der Waals surface area contributed by atoms with Crippen molar-refractivity contribution in [1.29, 1.82) is 0 Å². The largest absolute Gasteiger partial charge is 0.393 e. The van der Waals surface area contributed by atoms with E-state index in [2.05, 4.69) is 19.2 Å². The van der Waals surface area contributed by atoms with Gasteiger partial charge in [0.1, 0.15) is 5.82 Å². The van der Waals surface area contributed by atoms with Crippen LogP contribution in [0.4, 0.5) is 10.1 Å². The van der Waals surface area contributed by atoms with E-state index in [1.807, 2.05) is 17.0 Å². The zero-order valence-corrected chi connectivity index (χ0v) is 13.8. The number of hydrogen-bond acceptors (Lipinski definition) is 3. The van der Waals surface area contributed by atoms with Gasteiger partial charge in [-0.2, -0.15) is 0 Å². The van der Waals surface area contributed by atoms with Crippen LogP contribution in [0.5, 0.6) is 0 Å². The molecule has 0 bridgehead atoms. The minimum atomic E-state index is -0.229. The fourth-order valence-electron chi connectivity index (χ4n) is 2.93. The molecule has 2 rings (SSSR count). The monoisotopic (exact) mass is 308 g/mol. The third-order valence-corrected chi connectivity index (χ3v) is 4.46. The topological polar surface area (TPSA) is 35.5 Å². The molecule has 0 aromatic heterocycles. The third-order valence-electron chi connectivity index (χ3n) is 4.46. The van der Waals surface area contributed by atoms with Crippen LogP contribution in [0.3, 0.4) is 0 Å². The Hall–Kier alpha value is -1.13. The van der Waals surface area contributed by atoms with Gasteiger partial charge in [0, 0.05) is 25.7 Å². The van der Waals surface area contributed by atoms with Crippen molar-refractivity contribution in [1.82, 2.24) is 5.32 Å². The van der Waals surface area contributed by atoms with E-state index in [1.54, 1.807) is 6.07 Å². The van der Waals surface area contributed by atoms with Crippen LogP contribution in [0, 0.1) is 5.82 Å². The Bertz CT molecular complexity index is 458. The van der Waals surface area contributed by atoms with Gasteiger partial charge >= 0.3 is 0 Å². The average molecular weight is 308 g/mol. The lowest BCUT2D eigenvalue weighted by Crippen LogP contribution is -2.36. The van der Waals surface area contributed by atoms with Crippen molar-refractivity contribution in [3.8, 4) is 0 Å². The second-order valence-corrected chi connectivity index (χ2v) is 6.43. The van der Waals surface area contributed by atoms with Crippen LogP contribution < -0.4 is 10.2 Å². The number of nitrogens with zero attached hydrogens (tertiary/aromatic N) is 1. The molecule has 0 aliphatic carbocycles. The van der Waals surface area contributed by atoms with Crippen molar-refractivity contribution in [3.05, 3.63) is 29.6 Å². The van der Waals surface area contributed by atoms with Crippen molar-refractivity contribution in [3.63, 3.8) is 0 Å². The number of anilines is 1. The second kappa shape index (κ2) is 8.49. The summed E-state index contributed by atoms with van der Waals surface area (Å²) >= 11 is 0. The average Bonchev–Trinajstić information content (AvgIpc) is 2.52. The molecule has 1 fully saturated rings. The number of rotatable bonds is 7. The predicted molar refractivity (Wildman–Crippen MR) is 89.7 cm³/mol. The molecule has 0 saturated carbocycles. The molecule has 1 aliphatic rings. The van der Waals surface area contributed by atoms with E-state index < -0.39 is 0 Å². The summed E-state index contributed by atoms with van der Waals surface area (Å²) in [5, 5.41) is 13.0. The van der Waals surface area contributed by atoms with Gasteiger partial charge in [0.05, 0.1) is 11.8 Å². The van der Waals surface area contributed by atoms with E-state index in [9.17, 15) is 9.50 Å². The van der Waals surface area contributed by atoms with Crippen molar-refractivity contribution < 1.29 is 9.50 Å². The molecule has 0 radical (unpaired) electrons. The summed E-state index contributed by atoms with van der Waals surface area (Å²) in [7, 11) is 0. The molecule has 1 aromatic rings. The molecule has 1 aromatic carbocycles. The Morgan fingerprint density at radius 2 is 2.09 bits per heavy atom. The van der Waals surface area contributed by atoms with Gasteiger partial charge in [-0.1, -0.05) is 25.8 Å². The van der Waals surface area contributed by atoms with E-state index in [0.717, 1.165) is 37.9 Å². The lowest BCUT2D eigenvalue weighted by Gasteiger charge is -2.31. The molecule has 0 spiro atoms. The maximum atomic E-state index is 14.3. The maximum Gasteiger partial charge on any atom is 0.146 e. The van der Waals surface area contributed by atoms with Gasteiger partial charge in [-0.05, 0) is 43.9 Å². The number of halogens is 1. The third kappa shape index (κ3) is 4.96. The van der Waals surface area contributed by atoms with Crippen LogP contribution >= 0.6 is 0 Å². The number of piperidine rings is 1. The first kappa shape index (κ1) is 17.2. The molecular formula is C18H29FN2O. The molecule has 22 heavy (non-hydrogen) atoms. The molecule has 1 unspecified atom stereocenters. The van der Waals surface area contributed by atoms with Crippen LogP contribution in [0.25, 0.3) is 0 Å². The molecule has 4 heteroatoms. The standard InChI is InChI=1S/C18H29FN2O/c1-3-4-5-14(2)20-13-15-6-7-18(17(19)12-15)21-10-8-16(22)9-11-21/h6-7,12,14,16,20,22H,3-5,8-11,13H2,1-2H3. The van der Waals surface area contributed by atoms with Gasteiger partial charge in [0.25, 0.3) is 0 Å². The van der Waals surface area contributed by atoms with Gasteiger partial charge in [0.2, 0.25) is 0 Å². The SMILES string of the molecule is CCCCC(C)NCc1ccc(N2CCC(O)CC2)c(F)c1. The number of benzene rings is 1. The summed E-state index contributed by atoms with van der Waals surface area (Å²) < 4.78 is 14.3. The van der Waals surface area contributed by atoms with Crippen molar-refractivity contribution in [2.24, 2.45) is 0 Å². The number of aliphatic hydroxyl groups excluding tert-OH is 1. The minimum absolute atomic E-state index is 0.156. The van der Waals surface area contributed by atoms with Crippen molar-refractivity contribution >= 4 is 5.69 Å². The van der Waals surface area contributed by atoms with E-state index >= 15 is 0 Å². The zero-order valence-electron chi connectivity index (χ0n) is 13.8. The molecule has 0 amide bonds. The van der Waals surface area contributed by atoms with E-state index in [4.69, 9.17) is 0 Å². The van der Waals surface area contributed by atoms with E-state index in [-0.39, 0.29) is 11.9 Å². The fraction of sp³-hybridized carbons (Fsp3) is 0.667. The predicted octanol–water partition coefficient (Wildman–Crippen LogP) is 3.46. The first-order valence-electron chi connectivity index (χ1n) is 8.55. The smallest absolute Gasteiger partial charge is 0.146 e. The van der Waals surface area contributed by atoms with Gasteiger partial charge in [0.15, 0.2) is 0 Å². The van der Waals surface area contributed by atoms with Crippen LogP contribution in [0.15, 0.2) is 18.2 Å². The quantitative estimate of drug-likeness (QED) is 0.810. The van der Waals surface area contributed by atoms with Gasteiger partial charge < -0.3 is 15.3 Å². The van der Waals surface area contributed by atoms with Gasteiger partial charge in [-0.25, -0.2) is 4.39 Å². The highest BCUT2D eigenvalue weighted by Gasteiger charge is 2.19. The number of hydrogen-bond donors (Lipinski definition) is 2. The Labute approximate surface area is 133 Å². The Kier molecular flexibility index (Phi) is 6.65. The zero-order chi connectivity index (χ0) is 15.9. The fourth-order valence-corrected chi connectivity index (χ4v) is 2.93. The van der Waals surface area contributed by atoms with Crippen LogP contribution in [0.1, 0.15) is 51.5 Å². The molecule has 124 valence electrons. The normalized spacial score (nSPS) is 17.7. The molecular weight excluding hydrogens is 279 g/mol. The van der Waals surface area contributed by atoms with Crippen LogP contribution in [0.2, 0.25) is 0 Å². The summed E-state index contributed by atoms with van der Waals surface area (Å²) in [6.07, 6.45) is 4.80. The van der Waals surface area contributed by atoms with Crippen molar-refractivity contribution in [2.75, 3.05) is 18.0 Å². The lowest BCUT2D eigenvalue weighted by molar-refractivity contribution is 0.145. The first-order valence-corrected chi connectivity index (χ1v) is 8.55. The first-order chi connectivity index (χ1) is 10.6. The maximum absolute atomic E-state index is 14.3. The van der Waals surface area contributed by atoms with E-state index in [1.165, 1.54) is 12.8 Å². The van der Waals surface area contributed by atoms with Gasteiger partial charge in [-0.15, -0.1) is 0 Å². The number of unbranched alkanes of at least 4 members (excludes halogenated alkanes) is 1. The summed E-state index contributed by atoms with van der Waals surface area (Å²) in [4.78, 5) is 2.03. The Morgan fingerprint density at radius 1 is 1.36 bits per heavy atom. The highest BCUT2D eigenvalue weighted by molar-refractivity contribution is 5.49. The summed E-state index contributed by atoms with van der Waals surface area (Å²) in [6, 6.07) is 5.98. The lowest BCUT2D eigenvalue weighted by atomic mass is 10.1. The molecule has 1 saturated heterocycles. The highest BCUT2D eigenvalue weighted by Crippen LogP contribution is 2.24. The van der Waals surface area contributed by atoms with Gasteiger partial charge in [-0.3, -0.25) is 0 Å². The van der Waals surface area contributed by atoms with Crippen molar-refractivity contribution in [2.45, 2.75) is 64.6 Å². The Morgan fingerprint density at radius 3 is 2.73 bits per heavy atom. The number of aliphatic hydroxyl groups is 1. The van der Waals surface area contributed by atoms with Crippen LogP contribution in [-0.4, -0.2) is 30.3 Å². The number of nitrogens with one attached hydrogen (secondary N) is 1. The minimum Gasteiger partial charge on any atom is -0.393 e. The van der Waals surface area contributed by atoms with Crippen LogP contribution in [-0.2, 0) is 6.54 Å². The molecule has 3 nitrogen and oxygen atoms in total. The molecule has 1 heterocycles. The second-order valence-electron chi connectivity index (χ2n) is 6.43. The summed E-state index contributed by atoms with van der Waals surface area (Å²) in [6.45, 7) is 6.54. The molecule has 1 aliphatic heterocycles. The summed E-state index contributed by atoms with van der Waals surface area (Å²) in [5.74, 6) is -0.156. The van der Waals surface area contributed by atoms with E-state index in [0.29, 0.717) is 18.3 Å². The molecule has 2 N–H and O–H groups in total.